The van der Waals surface area contributed by atoms with Crippen LogP contribution in [-0.2, 0) is 4.79 Å². The van der Waals surface area contributed by atoms with E-state index >= 15 is 0 Å². The van der Waals surface area contributed by atoms with E-state index in [1.807, 2.05) is 32.0 Å². The number of allylic oxidation sites excluding steroid dienone is 2. The molecule has 3 rings (SSSR count). The number of benzene rings is 2. The normalized spacial score (nSPS) is 15.9. The standard InChI is InChI=1S/C20H16N2O3S2/c1-13-10-14(2)12-17(11-13)21-19(23)18(27-20(21)26)5-3-4-15-6-8-16(9-7-15)22(24)25/h3-12H,1-2H3. The van der Waals surface area contributed by atoms with Gasteiger partial charge in [-0.05, 0) is 60.9 Å². The number of rotatable bonds is 4. The average Bonchev–Trinajstić information content (AvgIpc) is 2.88. The smallest absolute Gasteiger partial charge is 0.268 e. The third-order valence-corrected chi connectivity index (χ3v) is 5.22. The topological polar surface area (TPSA) is 63.5 Å². The fraction of sp³-hybridized carbons (Fsp3) is 0.100. The van der Waals surface area contributed by atoms with Crippen LogP contribution in [0.3, 0.4) is 0 Å². The molecule has 2 aromatic carbocycles. The lowest BCUT2D eigenvalue weighted by Gasteiger charge is -2.16. The summed E-state index contributed by atoms with van der Waals surface area (Å²) in [6.07, 6.45) is 5.24. The molecule has 0 aliphatic carbocycles. The first kappa shape index (κ1) is 19.0. The molecule has 27 heavy (non-hydrogen) atoms. The second-order valence-electron chi connectivity index (χ2n) is 6.09. The van der Waals surface area contributed by atoms with E-state index in [-0.39, 0.29) is 11.6 Å². The minimum absolute atomic E-state index is 0.0430. The lowest BCUT2D eigenvalue weighted by atomic mass is 10.1. The van der Waals surface area contributed by atoms with Gasteiger partial charge in [0, 0.05) is 12.1 Å². The highest BCUT2D eigenvalue weighted by atomic mass is 32.2. The Morgan fingerprint density at radius 2 is 1.74 bits per heavy atom. The number of hydrogen-bond donors (Lipinski definition) is 0. The molecule has 136 valence electrons. The summed E-state index contributed by atoms with van der Waals surface area (Å²) in [7, 11) is 0. The molecular weight excluding hydrogens is 380 g/mol. The number of thiocarbonyl (C=S) groups is 1. The van der Waals surface area contributed by atoms with Crippen molar-refractivity contribution in [3.63, 3.8) is 0 Å². The zero-order chi connectivity index (χ0) is 19.6. The maximum atomic E-state index is 12.7. The number of nitro benzene ring substituents is 1. The van der Waals surface area contributed by atoms with Gasteiger partial charge in [-0.1, -0.05) is 42.2 Å². The number of nitro groups is 1. The van der Waals surface area contributed by atoms with Crippen LogP contribution in [0.15, 0.2) is 59.5 Å². The van der Waals surface area contributed by atoms with Gasteiger partial charge in [0.25, 0.3) is 11.6 Å². The number of anilines is 1. The predicted octanol–water partition coefficient (Wildman–Crippen LogP) is 5.17. The van der Waals surface area contributed by atoms with E-state index in [9.17, 15) is 14.9 Å². The summed E-state index contributed by atoms with van der Waals surface area (Å²) in [6, 6.07) is 12.1. The zero-order valence-corrected chi connectivity index (χ0v) is 16.3. The van der Waals surface area contributed by atoms with Gasteiger partial charge in [0.1, 0.15) is 0 Å². The van der Waals surface area contributed by atoms with Gasteiger partial charge in [-0.3, -0.25) is 19.8 Å². The van der Waals surface area contributed by atoms with Crippen LogP contribution >= 0.6 is 24.0 Å². The quantitative estimate of drug-likeness (QED) is 0.309. The van der Waals surface area contributed by atoms with Gasteiger partial charge < -0.3 is 0 Å². The molecule has 0 aromatic heterocycles. The van der Waals surface area contributed by atoms with E-state index < -0.39 is 4.92 Å². The highest BCUT2D eigenvalue weighted by molar-refractivity contribution is 8.27. The number of carbonyl (C=O) groups is 1. The summed E-state index contributed by atoms with van der Waals surface area (Å²) in [6.45, 7) is 3.97. The van der Waals surface area contributed by atoms with Crippen molar-refractivity contribution in [3.05, 3.63) is 86.3 Å². The van der Waals surface area contributed by atoms with Gasteiger partial charge in [-0.15, -0.1) is 0 Å². The van der Waals surface area contributed by atoms with Crippen LogP contribution in [0.1, 0.15) is 16.7 Å². The lowest BCUT2D eigenvalue weighted by Crippen LogP contribution is -2.27. The first-order chi connectivity index (χ1) is 12.8. The number of nitrogens with zero attached hydrogens (tertiary/aromatic N) is 2. The maximum absolute atomic E-state index is 12.7. The molecule has 7 heteroatoms. The molecule has 0 unspecified atom stereocenters. The molecule has 1 amide bonds. The van der Waals surface area contributed by atoms with Crippen molar-refractivity contribution in [1.29, 1.82) is 0 Å². The van der Waals surface area contributed by atoms with E-state index in [1.54, 1.807) is 35.3 Å². The Bertz CT molecular complexity index is 975. The van der Waals surface area contributed by atoms with Crippen LogP contribution in [0.2, 0.25) is 0 Å². The van der Waals surface area contributed by atoms with Gasteiger partial charge in [-0.25, -0.2) is 0 Å². The van der Waals surface area contributed by atoms with Gasteiger partial charge >= 0.3 is 0 Å². The summed E-state index contributed by atoms with van der Waals surface area (Å²) in [5, 5.41) is 10.7. The Balaban J connectivity index is 1.78. The summed E-state index contributed by atoms with van der Waals surface area (Å²) in [4.78, 5) is 25.1. The van der Waals surface area contributed by atoms with E-state index in [4.69, 9.17) is 12.2 Å². The third-order valence-electron chi connectivity index (χ3n) is 3.90. The Morgan fingerprint density at radius 3 is 2.33 bits per heavy atom. The molecular formula is C20H16N2O3S2. The highest BCUT2D eigenvalue weighted by Gasteiger charge is 2.33. The largest absolute Gasteiger partial charge is 0.270 e. The SMILES string of the molecule is Cc1cc(C)cc(N2C(=O)C(=CC=Cc3ccc([N+](=O)[O-])cc3)SC2=S)c1. The molecule has 0 atom stereocenters. The number of non-ortho nitro benzene ring substituents is 1. The first-order valence-electron chi connectivity index (χ1n) is 8.12. The van der Waals surface area contributed by atoms with Crippen molar-refractivity contribution < 1.29 is 9.72 Å². The van der Waals surface area contributed by atoms with Crippen LogP contribution in [0.5, 0.6) is 0 Å². The molecule has 1 aliphatic heterocycles. The Labute approximate surface area is 166 Å². The van der Waals surface area contributed by atoms with Crippen LogP contribution in [-0.4, -0.2) is 15.2 Å². The molecule has 1 heterocycles. The summed E-state index contributed by atoms with van der Waals surface area (Å²) in [5.41, 5.74) is 3.77. The Morgan fingerprint density at radius 1 is 1.11 bits per heavy atom. The van der Waals surface area contributed by atoms with Crippen molar-refractivity contribution in [3.8, 4) is 0 Å². The molecule has 0 bridgehead atoms. The number of thioether (sulfide) groups is 1. The van der Waals surface area contributed by atoms with Crippen molar-refractivity contribution in [2.24, 2.45) is 0 Å². The highest BCUT2D eigenvalue weighted by Crippen LogP contribution is 2.35. The number of amides is 1. The van der Waals surface area contributed by atoms with Crippen molar-refractivity contribution in [2.45, 2.75) is 13.8 Å². The molecule has 2 aromatic rings. The van der Waals surface area contributed by atoms with E-state index in [1.165, 1.54) is 23.9 Å². The molecule has 1 aliphatic rings. The number of hydrogen-bond acceptors (Lipinski definition) is 5. The predicted molar refractivity (Wildman–Crippen MR) is 114 cm³/mol. The molecule has 0 radical (unpaired) electrons. The van der Waals surface area contributed by atoms with Crippen LogP contribution in [0, 0.1) is 24.0 Å². The minimum Gasteiger partial charge on any atom is -0.268 e. The van der Waals surface area contributed by atoms with Gasteiger partial charge in [0.2, 0.25) is 0 Å². The number of carbonyl (C=O) groups excluding carboxylic acids is 1. The molecule has 1 saturated heterocycles. The van der Waals surface area contributed by atoms with Crippen molar-refractivity contribution in [1.82, 2.24) is 0 Å². The van der Waals surface area contributed by atoms with Gasteiger partial charge in [0.05, 0.1) is 15.5 Å². The van der Waals surface area contributed by atoms with E-state index in [2.05, 4.69) is 0 Å². The summed E-state index contributed by atoms with van der Waals surface area (Å²) < 4.78 is 0.500. The minimum atomic E-state index is -0.439. The van der Waals surface area contributed by atoms with Crippen molar-refractivity contribution >= 4 is 51.7 Å². The summed E-state index contributed by atoms with van der Waals surface area (Å²) >= 11 is 6.64. The Kier molecular flexibility index (Phi) is 5.53. The molecule has 0 spiro atoms. The zero-order valence-electron chi connectivity index (χ0n) is 14.7. The molecule has 5 nitrogen and oxygen atoms in total. The summed E-state index contributed by atoms with van der Waals surface area (Å²) in [5.74, 6) is -0.150. The molecule has 0 saturated carbocycles. The van der Waals surface area contributed by atoms with Gasteiger partial charge in [-0.2, -0.15) is 0 Å². The average molecular weight is 396 g/mol. The lowest BCUT2D eigenvalue weighted by molar-refractivity contribution is -0.384. The van der Waals surface area contributed by atoms with Gasteiger partial charge in [0.15, 0.2) is 4.32 Å². The third kappa shape index (κ3) is 4.32. The second-order valence-corrected chi connectivity index (χ2v) is 7.77. The van der Waals surface area contributed by atoms with Crippen LogP contribution in [0.25, 0.3) is 6.08 Å². The monoisotopic (exact) mass is 396 g/mol. The molecule has 0 N–H and O–H groups in total. The maximum Gasteiger partial charge on any atom is 0.270 e. The molecule has 1 fully saturated rings. The second kappa shape index (κ2) is 7.85. The van der Waals surface area contributed by atoms with Crippen molar-refractivity contribution in [2.75, 3.05) is 4.90 Å². The first-order valence-corrected chi connectivity index (χ1v) is 9.35. The number of aryl methyl sites for hydroxylation is 2. The Hall–Kier alpha value is -2.77. The van der Waals surface area contributed by atoms with Crippen LogP contribution in [0.4, 0.5) is 11.4 Å². The van der Waals surface area contributed by atoms with Crippen LogP contribution < -0.4 is 4.90 Å². The fourth-order valence-electron chi connectivity index (χ4n) is 2.74. The van der Waals surface area contributed by atoms with E-state index in [0.717, 1.165) is 22.4 Å². The fourth-order valence-corrected chi connectivity index (χ4v) is 3.99. The van der Waals surface area contributed by atoms with E-state index in [0.29, 0.717) is 9.23 Å².